The minimum absolute atomic E-state index is 0.0224. The molecular formula is C15H16BrN3O. The maximum atomic E-state index is 7.76. The van der Waals surface area contributed by atoms with Crippen molar-refractivity contribution in [1.29, 1.82) is 5.41 Å². The lowest BCUT2D eigenvalue weighted by Gasteiger charge is -2.24. The number of hydrogen-bond acceptors (Lipinski definition) is 3. The van der Waals surface area contributed by atoms with Gasteiger partial charge in [-0.1, -0.05) is 18.2 Å². The summed E-state index contributed by atoms with van der Waals surface area (Å²) in [5.74, 6) is 0.790. The lowest BCUT2D eigenvalue weighted by atomic mass is 10.1. The van der Waals surface area contributed by atoms with Crippen LogP contribution in [0, 0.1) is 5.41 Å². The number of nitrogens with one attached hydrogen (secondary N) is 1. The summed E-state index contributed by atoms with van der Waals surface area (Å²) in [5, 5.41) is 7.76. The fourth-order valence-electron chi connectivity index (χ4n) is 2.10. The molecular weight excluding hydrogens is 318 g/mol. The highest BCUT2D eigenvalue weighted by molar-refractivity contribution is 9.10. The summed E-state index contributed by atoms with van der Waals surface area (Å²) in [7, 11) is 3.56. The molecule has 0 unspecified atom stereocenters. The van der Waals surface area contributed by atoms with Gasteiger partial charge in [0.25, 0.3) is 0 Å². The molecule has 5 heteroatoms. The van der Waals surface area contributed by atoms with Crippen LogP contribution in [0.2, 0.25) is 0 Å². The van der Waals surface area contributed by atoms with Crippen LogP contribution in [0.25, 0.3) is 0 Å². The number of nitrogens with two attached hydrogens (primary N) is 1. The van der Waals surface area contributed by atoms with Gasteiger partial charge < -0.3 is 15.4 Å². The van der Waals surface area contributed by atoms with Gasteiger partial charge in [-0.2, -0.15) is 0 Å². The van der Waals surface area contributed by atoms with Crippen molar-refractivity contribution < 1.29 is 4.74 Å². The van der Waals surface area contributed by atoms with Crippen LogP contribution in [0.1, 0.15) is 5.56 Å². The van der Waals surface area contributed by atoms with E-state index in [-0.39, 0.29) is 5.84 Å². The number of benzene rings is 2. The van der Waals surface area contributed by atoms with Crippen molar-refractivity contribution in [2.45, 2.75) is 0 Å². The van der Waals surface area contributed by atoms with Crippen molar-refractivity contribution in [1.82, 2.24) is 0 Å². The van der Waals surface area contributed by atoms with E-state index in [0.717, 1.165) is 21.6 Å². The third-order valence-corrected chi connectivity index (χ3v) is 3.73. The van der Waals surface area contributed by atoms with Gasteiger partial charge in [-0.15, -0.1) is 0 Å². The van der Waals surface area contributed by atoms with Crippen molar-refractivity contribution in [2.75, 3.05) is 19.1 Å². The van der Waals surface area contributed by atoms with Gasteiger partial charge in [0.05, 0.1) is 24.0 Å². The molecule has 0 aliphatic heterocycles. The molecule has 0 atom stereocenters. The number of methoxy groups -OCH3 is 1. The Morgan fingerprint density at radius 3 is 2.45 bits per heavy atom. The summed E-state index contributed by atoms with van der Waals surface area (Å²) >= 11 is 3.45. The second-order valence-corrected chi connectivity index (χ2v) is 5.13. The summed E-state index contributed by atoms with van der Waals surface area (Å²) in [4.78, 5) is 1.96. The summed E-state index contributed by atoms with van der Waals surface area (Å²) in [6, 6.07) is 13.4. The molecule has 0 radical (unpaired) electrons. The minimum Gasteiger partial charge on any atom is -0.495 e. The lowest BCUT2D eigenvalue weighted by molar-refractivity contribution is 0.415. The predicted octanol–water partition coefficient (Wildman–Crippen LogP) is 3.51. The number of anilines is 2. The van der Waals surface area contributed by atoms with Gasteiger partial charge in [0.2, 0.25) is 0 Å². The van der Waals surface area contributed by atoms with E-state index in [2.05, 4.69) is 15.9 Å². The summed E-state index contributed by atoms with van der Waals surface area (Å²) in [6.45, 7) is 0. The highest BCUT2D eigenvalue weighted by atomic mass is 79.9. The molecule has 0 amide bonds. The molecule has 0 heterocycles. The van der Waals surface area contributed by atoms with Crippen LogP contribution in [0.4, 0.5) is 11.4 Å². The van der Waals surface area contributed by atoms with E-state index in [4.69, 9.17) is 15.9 Å². The van der Waals surface area contributed by atoms with Crippen molar-refractivity contribution in [3.8, 4) is 5.75 Å². The van der Waals surface area contributed by atoms with Crippen LogP contribution < -0.4 is 15.4 Å². The van der Waals surface area contributed by atoms with Crippen LogP contribution in [0.3, 0.4) is 0 Å². The lowest BCUT2D eigenvalue weighted by Crippen LogP contribution is -2.19. The van der Waals surface area contributed by atoms with Crippen molar-refractivity contribution in [3.05, 3.63) is 52.5 Å². The third kappa shape index (κ3) is 2.63. The molecule has 0 aromatic heterocycles. The minimum atomic E-state index is 0.0224. The maximum Gasteiger partial charge on any atom is 0.142 e. The molecule has 0 bridgehead atoms. The summed E-state index contributed by atoms with van der Waals surface area (Å²) in [5.41, 5.74) is 8.12. The van der Waals surface area contributed by atoms with Gasteiger partial charge in [0, 0.05) is 11.5 Å². The highest BCUT2D eigenvalue weighted by Gasteiger charge is 2.16. The SMILES string of the molecule is COc1ccccc1N(C)c1cccc(Br)c1C(=N)N. The van der Waals surface area contributed by atoms with E-state index in [1.807, 2.05) is 54.4 Å². The Hall–Kier alpha value is -2.01. The Morgan fingerprint density at radius 1 is 1.15 bits per heavy atom. The molecule has 2 rings (SSSR count). The quantitative estimate of drug-likeness (QED) is 0.664. The zero-order chi connectivity index (χ0) is 14.7. The topological polar surface area (TPSA) is 62.3 Å². The first kappa shape index (κ1) is 14.4. The molecule has 3 N–H and O–H groups in total. The number of halogens is 1. The number of amidine groups is 1. The normalized spacial score (nSPS) is 10.2. The van der Waals surface area contributed by atoms with Crippen LogP contribution >= 0.6 is 15.9 Å². The van der Waals surface area contributed by atoms with Crippen LogP contribution in [0.15, 0.2) is 46.9 Å². The van der Waals surface area contributed by atoms with E-state index < -0.39 is 0 Å². The molecule has 4 nitrogen and oxygen atoms in total. The first-order valence-electron chi connectivity index (χ1n) is 6.06. The zero-order valence-electron chi connectivity index (χ0n) is 11.4. The first-order chi connectivity index (χ1) is 9.56. The van der Waals surface area contributed by atoms with E-state index in [1.165, 1.54) is 0 Å². The Morgan fingerprint density at radius 2 is 1.80 bits per heavy atom. The fourth-order valence-corrected chi connectivity index (χ4v) is 2.66. The number of nitrogens with zero attached hydrogens (tertiary/aromatic N) is 1. The molecule has 0 saturated carbocycles. The summed E-state index contributed by atoms with van der Waals surface area (Å²) < 4.78 is 6.18. The molecule has 0 saturated heterocycles. The van der Waals surface area contributed by atoms with Crippen molar-refractivity contribution in [2.24, 2.45) is 5.73 Å². The molecule has 104 valence electrons. The van der Waals surface area contributed by atoms with Crippen molar-refractivity contribution in [3.63, 3.8) is 0 Å². The van der Waals surface area contributed by atoms with E-state index in [1.54, 1.807) is 7.11 Å². The van der Waals surface area contributed by atoms with Gasteiger partial charge >= 0.3 is 0 Å². The zero-order valence-corrected chi connectivity index (χ0v) is 12.9. The molecule has 2 aromatic rings. The average molecular weight is 334 g/mol. The van der Waals surface area contributed by atoms with Gasteiger partial charge in [-0.05, 0) is 40.2 Å². The van der Waals surface area contributed by atoms with Crippen molar-refractivity contribution >= 4 is 33.1 Å². The molecule has 0 fully saturated rings. The Bertz CT molecular complexity index is 643. The second-order valence-electron chi connectivity index (χ2n) is 4.28. The number of nitrogen functional groups attached to an aromatic ring is 1. The molecule has 0 aliphatic rings. The smallest absolute Gasteiger partial charge is 0.142 e. The van der Waals surface area contributed by atoms with Gasteiger partial charge in [0.15, 0.2) is 0 Å². The Kier molecular flexibility index (Phi) is 4.29. The number of ether oxygens (including phenoxy) is 1. The first-order valence-corrected chi connectivity index (χ1v) is 6.85. The highest BCUT2D eigenvalue weighted by Crippen LogP contribution is 2.35. The predicted molar refractivity (Wildman–Crippen MR) is 86.2 cm³/mol. The van der Waals surface area contributed by atoms with Crippen LogP contribution in [-0.2, 0) is 0 Å². The maximum absolute atomic E-state index is 7.76. The van der Waals surface area contributed by atoms with Crippen LogP contribution in [0.5, 0.6) is 5.75 Å². The molecule has 0 spiro atoms. The number of para-hydroxylation sites is 2. The van der Waals surface area contributed by atoms with E-state index in [9.17, 15) is 0 Å². The average Bonchev–Trinajstić information content (AvgIpc) is 2.45. The second kappa shape index (κ2) is 5.96. The van der Waals surface area contributed by atoms with Gasteiger partial charge in [0.1, 0.15) is 11.6 Å². The van der Waals surface area contributed by atoms with Gasteiger partial charge in [-0.3, -0.25) is 5.41 Å². The Balaban J connectivity index is 2.57. The third-order valence-electron chi connectivity index (χ3n) is 3.07. The largest absolute Gasteiger partial charge is 0.495 e. The monoisotopic (exact) mass is 333 g/mol. The molecule has 0 aliphatic carbocycles. The van der Waals surface area contributed by atoms with Crippen LogP contribution in [-0.4, -0.2) is 20.0 Å². The Labute approximate surface area is 126 Å². The standard InChI is InChI=1S/C15H16BrN3O/c1-19(11-7-3-4-9-13(11)20-2)12-8-5-6-10(16)14(12)15(17)18/h3-9H,1-2H3,(H3,17,18). The van der Waals surface area contributed by atoms with E-state index in [0.29, 0.717) is 5.56 Å². The molecule has 20 heavy (non-hydrogen) atoms. The molecule has 2 aromatic carbocycles. The number of hydrogen-bond donors (Lipinski definition) is 2. The number of rotatable bonds is 4. The fraction of sp³-hybridized carbons (Fsp3) is 0.133. The van der Waals surface area contributed by atoms with Gasteiger partial charge in [-0.25, -0.2) is 0 Å². The summed E-state index contributed by atoms with van der Waals surface area (Å²) in [6.07, 6.45) is 0. The van der Waals surface area contributed by atoms with E-state index >= 15 is 0 Å².